The Morgan fingerprint density at radius 1 is 1.26 bits per heavy atom. The monoisotopic (exact) mass is 414 g/mol. The standard InChI is InChI=1S/C26H30N4O/c1-6-8-22(23-17-21(19(2)3)10-11-24(23)31-5)26-29-16-13-25(30(26)4)28-15-12-20-9-7-14-27-18-20/h7,9-11,13-14,16-19,28H,12,15H2,1-5H3/b26-22+. The van der Waals surface area contributed by atoms with E-state index in [4.69, 9.17) is 4.74 Å². The van der Waals surface area contributed by atoms with Crippen molar-refractivity contribution < 1.29 is 4.74 Å². The van der Waals surface area contributed by atoms with Gasteiger partial charge in [-0.25, -0.2) is 4.99 Å². The van der Waals surface area contributed by atoms with Crippen molar-refractivity contribution in [3.05, 3.63) is 77.1 Å². The molecule has 1 aliphatic rings. The van der Waals surface area contributed by atoms with E-state index in [0.29, 0.717) is 5.92 Å². The summed E-state index contributed by atoms with van der Waals surface area (Å²) in [7, 11) is 3.69. The van der Waals surface area contributed by atoms with Gasteiger partial charge in [0.25, 0.3) is 0 Å². The average Bonchev–Trinajstić information content (AvgIpc) is 2.79. The van der Waals surface area contributed by atoms with Crippen LogP contribution >= 0.6 is 0 Å². The zero-order valence-corrected chi connectivity index (χ0v) is 18.9. The predicted molar refractivity (Wildman–Crippen MR) is 128 cm³/mol. The first-order valence-corrected chi connectivity index (χ1v) is 10.5. The number of aliphatic imine (C=N–C) groups is 1. The Hall–Kier alpha value is -3.52. The Morgan fingerprint density at radius 3 is 2.77 bits per heavy atom. The minimum Gasteiger partial charge on any atom is -0.496 e. The molecular weight excluding hydrogens is 384 g/mol. The summed E-state index contributed by atoms with van der Waals surface area (Å²) in [4.78, 5) is 10.9. The summed E-state index contributed by atoms with van der Waals surface area (Å²) in [5, 5.41) is 3.51. The molecule has 5 nitrogen and oxygen atoms in total. The second-order valence-corrected chi connectivity index (χ2v) is 7.62. The number of hydrogen-bond donors (Lipinski definition) is 1. The van der Waals surface area contributed by atoms with E-state index in [1.165, 1.54) is 11.1 Å². The van der Waals surface area contributed by atoms with Crippen molar-refractivity contribution in [2.75, 3.05) is 20.7 Å². The fourth-order valence-electron chi connectivity index (χ4n) is 3.43. The number of ether oxygens (including phenoxy) is 1. The lowest BCUT2D eigenvalue weighted by atomic mass is 9.96. The predicted octanol–water partition coefficient (Wildman–Crippen LogP) is 4.60. The second-order valence-electron chi connectivity index (χ2n) is 7.62. The summed E-state index contributed by atoms with van der Waals surface area (Å²) in [6.07, 6.45) is 8.38. The molecule has 0 aliphatic carbocycles. The Kier molecular flexibility index (Phi) is 7.50. The van der Waals surface area contributed by atoms with E-state index < -0.39 is 0 Å². The summed E-state index contributed by atoms with van der Waals surface area (Å²) < 4.78 is 5.67. The molecule has 0 bridgehead atoms. The molecule has 0 saturated heterocycles. The van der Waals surface area contributed by atoms with Gasteiger partial charge < -0.3 is 15.0 Å². The number of benzene rings is 1. The Morgan fingerprint density at radius 2 is 2.10 bits per heavy atom. The van der Waals surface area contributed by atoms with Gasteiger partial charge in [-0.2, -0.15) is 0 Å². The normalized spacial score (nSPS) is 14.6. The Bertz CT molecular complexity index is 1060. The molecule has 5 heteroatoms. The van der Waals surface area contributed by atoms with E-state index in [1.807, 2.05) is 49.5 Å². The minimum absolute atomic E-state index is 0.405. The van der Waals surface area contributed by atoms with Gasteiger partial charge in [0.1, 0.15) is 17.4 Å². The SMILES string of the molecule is CC#C/C(=C1/N=CC=C(NCCc2cccnc2)N1C)c1cc(C(C)C)ccc1OC. The molecule has 0 unspecified atom stereocenters. The van der Waals surface area contributed by atoms with Crippen LogP contribution in [0.3, 0.4) is 0 Å². The summed E-state index contributed by atoms with van der Waals surface area (Å²) >= 11 is 0. The van der Waals surface area contributed by atoms with Crippen molar-refractivity contribution in [3.63, 3.8) is 0 Å². The summed E-state index contributed by atoms with van der Waals surface area (Å²) in [5.74, 6) is 9.29. The van der Waals surface area contributed by atoms with Gasteiger partial charge in [-0.05, 0) is 54.7 Å². The molecule has 0 amide bonds. The molecule has 160 valence electrons. The van der Waals surface area contributed by atoms with Crippen LogP contribution in [-0.2, 0) is 6.42 Å². The lowest BCUT2D eigenvalue weighted by molar-refractivity contribution is 0.413. The number of allylic oxidation sites excluding steroid dienone is 2. The molecule has 1 aromatic heterocycles. The largest absolute Gasteiger partial charge is 0.496 e. The van der Waals surface area contributed by atoms with Crippen LogP contribution in [0.15, 0.2) is 65.4 Å². The van der Waals surface area contributed by atoms with Crippen LogP contribution < -0.4 is 10.1 Å². The highest BCUT2D eigenvalue weighted by atomic mass is 16.5. The molecule has 0 radical (unpaired) electrons. The van der Waals surface area contributed by atoms with E-state index in [-0.39, 0.29) is 0 Å². The molecular formula is C26H30N4O. The number of aromatic nitrogens is 1. The number of rotatable bonds is 7. The van der Waals surface area contributed by atoms with Crippen LogP contribution in [0.5, 0.6) is 5.75 Å². The summed E-state index contributed by atoms with van der Waals surface area (Å²) in [6.45, 7) is 7.00. The fourth-order valence-corrected chi connectivity index (χ4v) is 3.43. The molecule has 0 fully saturated rings. The number of methoxy groups -OCH3 is 1. The summed E-state index contributed by atoms with van der Waals surface area (Å²) in [5.41, 5.74) is 4.24. The first-order valence-electron chi connectivity index (χ1n) is 10.5. The molecule has 3 rings (SSSR count). The third-order valence-electron chi connectivity index (χ3n) is 5.18. The van der Waals surface area contributed by atoms with Crippen LogP contribution in [0.1, 0.15) is 43.4 Å². The van der Waals surface area contributed by atoms with E-state index in [0.717, 1.165) is 41.5 Å². The van der Waals surface area contributed by atoms with E-state index >= 15 is 0 Å². The highest BCUT2D eigenvalue weighted by Crippen LogP contribution is 2.33. The molecule has 2 heterocycles. The van der Waals surface area contributed by atoms with Crippen LogP contribution in [0.2, 0.25) is 0 Å². The van der Waals surface area contributed by atoms with Crippen molar-refractivity contribution in [2.45, 2.75) is 33.1 Å². The van der Waals surface area contributed by atoms with Crippen molar-refractivity contribution in [1.29, 1.82) is 0 Å². The lowest BCUT2D eigenvalue weighted by Crippen LogP contribution is -2.31. The number of nitrogens with zero attached hydrogens (tertiary/aromatic N) is 3. The fraction of sp³-hybridized carbons (Fsp3) is 0.308. The second kappa shape index (κ2) is 10.5. The zero-order valence-electron chi connectivity index (χ0n) is 18.9. The van der Waals surface area contributed by atoms with Crippen LogP contribution in [-0.4, -0.2) is 36.8 Å². The van der Waals surface area contributed by atoms with Crippen molar-refractivity contribution >= 4 is 11.8 Å². The molecule has 0 saturated carbocycles. The van der Waals surface area contributed by atoms with Crippen LogP contribution in [0, 0.1) is 11.8 Å². The Balaban J connectivity index is 1.91. The van der Waals surface area contributed by atoms with E-state index in [1.54, 1.807) is 13.3 Å². The van der Waals surface area contributed by atoms with Crippen molar-refractivity contribution in [1.82, 2.24) is 15.2 Å². The van der Waals surface area contributed by atoms with Crippen molar-refractivity contribution in [2.24, 2.45) is 4.99 Å². The first-order chi connectivity index (χ1) is 15.0. The quantitative estimate of drug-likeness (QED) is 0.673. The van der Waals surface area contributed by atoms with E-state index in [2.05, 4.69) is 59.2 Å². The highest BCUT2D eigenvalue weighted by Gasteiger charge is 2.20. The first kappa shape index (κ1) is 22.2. The van der Waals surface area contributed by atoms with Gasteiger partial charge in [0.15, 0.2) is 0 Å². The minimum atomic E-state index is 0.405. The number of nitrogens with one attached hydrogen (secondary N) is 1. The van der Waals surface area contributed by atoms with Crippen molar-refractivity contribution in [3.8, 4) is 17.6 Å². The van der Waals surface area contributed by atoms with Gasteiger partial charge in [-0.3, -0.25) is 4.98 Å². The molecule has 1 N–H and O–H groups in total. The average molecular weight is 415 g/mol. The van der Waals surface area contributed by atoms with E-state index in [9.17, 15) is 0 Å². The smallest absolute Gasteiger partial charge is 0.150 e. The number of pyridine rings is 1. The maximum absolute atomic E-state index is 5.67. The van der Waals surface area contributed by atoms with Gasteiger partial charge in [0, 0.05) is 37.8 Å². The molecule has 2 aromatic rings. The van der Waals surface area contributed by atoms with Gasteiger partial charge in [-0.15, -0.1) is 5.92 Å². The highest BCUT2D eigenvalue weighted by molar-refractivity contribution is 5.87. The molecule has 0 atom stereocenters. The Labute approximate surface area is 185 Å². The van der Waals surface area contributed by atoms with Gasteiger partial charge >= 0.3 is 0 Å². The van der Waals surface area contributed by atoms with Crippen LogP contribution in [0.25, 0.3) is 5.57 Å². The topological polar surface area (TPSA) is 49.8 Å². The third-order valence-corrected chi connectivity index (χ3v) is 5.18. The third kappa shape index (κ3) is 5.35. The van der Waals surface area contributed by atoms with Crippen LogP contribution in [0.4, 0.5) is 0 Å². The van der Waals surface area contributed by atoms with Gasteiger partial charge in [0.05, 0.1) is 12.7 Å². The molecule has 0 spiro atoms. The molecule has 31 heavy (non-hydrogen) atoms. The maximum Gasteiger partial charge on any atom is 0.150 e. The molecule has 1 aliphatic heterocycles. The molecule has 1 aromatic carbocycles. The summed E-state index contributed by atoms with van der Waals surface area (Å²) in [6, 6.07) is 10.3. The van der Waals surface area contributed by atoms with Gasteiger partial charge in [0.2, 0.25) is 0 Å². The number of hydrogen-bond acceptors (Lipinski definition) is 5. The lowest BCUT2D eigenvalue weighted by Gasteiger charge is -2.28. The maximum atomic E-state index is 5.67. The van der Waals surface area contributed by atoms with Gasteiger partial charge in [-0.1, -0.05) is 31.9 Å². The zero-order chi connectivity index (χ0) is 22.2.